The van der Waals surface area contributed by atoms with Crippen LogP contribution >= 0.6 is 0 Å². The molecule has 0 bridgehead atoms. The molecule has 0 aliphatic heterocycles. The van der Waals surface area contributed by atoms with Gasteiger partial charge in [-0.25, -0.2) is 0 Å². The average Bonchev–Trinajstić information content (AvgIpc) is 3.16. The maximum Gasteiger partial charge on any atom is 0.306 e. The minimum Gasteiger partial charge on any atom is -0.461 e. The molecule has 0 spiro atoms. The first-order chi connectivity index (χ1) is 25.5. The molecule has 0 atom stereocenters. The highest BCUT2D eigenvalue weighted by Crippen LogP contribution is 2.23. The number of carbonyl (C=O) groups is 2. The summed E-state index contributed by atoms with van der Waals surface area (Å²) < 4.78 is 11.4. The lowest BCUT2D eigenvalue weighted by Crippen LogP contribution is -2.28. The molecule has 52 heavy (non-hydrogen) atoms. The van der Waals surface area contributed by atoms with Crippen LogP contribution in [0.5, 0.6) is 0 Å². The normalized spacial score (nSPS) is 11.4. The number of esters is 2. The zero-order valence-corrected chi connectivity index (χ0v) is 33.9. The second-order valence-electron chi connectivity index (χ2n) is 14.9. The van der Waals surface area contributed by atoms with Crippen LogP contribution in [0.1, 0.15) is 167 Å². The molecule has 294 valence electrons. The van der Waals surface area contributed by atoms with Crippen molar-refractivity contribution in [2.75, 3.05) is 39.3 Å². The highest BCUT2D eigenvalue weighted by molar-refractivity contribution is 5.70. The average molecular weight is 721 g/mol. The van der Waals surface area contributed by atoms with Gasteiger partial charge in [-0.05, 0) is 112 Å². The minimum absolute atomic E-state index is 0.128. The smallest absolute Gasteiger partial charge is 0.306 e. The summed E-state index contributed by atoms with van der Waals surface area (Å²) >= 11 is 0. The lowest BCUT2D eigenvalue weighted by Gasteiger charge is -2.22. The van der Waals surface area contributed by atoms with E-state index in [9.17, 15) is 9.59 Å². The van der Waals surface area contributed by atoms with Crippen molar-refractivity contribution >= 4 is 11.9 Å². The molecule has 0 saturated carbocycles. The van der Waals surface area contributed by atoms with Crippen molar-refractivity contribution in [3.05, 3.63) is 59.7 Å². The molecule has 0 aliphatic rings. The molecule has 0 heterocycles. The fourth-order valence-corrected chi connectivity index (χ4v) is 6.77. The Kier molecular flexibility index (Phi) is 26.9. The Balaban J connectivity index is 1.77. The van der Waals surface area contributed by atoms with E-state index in [1.165, 1.54) is 103 Å². The summed E-state index contributed by atoms with van der Waals surface area (Å²) in [5, 5.41) is 0. The Morgan fingerprint density at radius 2 is 0.769 bits per heavy atom. The third-order valence-electron chi connectivity index (χ3n) is 10.0. The molecule has 0 unspecified atom stereocenters. The van der Waals surface area contributed by atoms with Gasteiger partial charge in [-0.1, -0.05) is 141 Å². The van der Waals surface area contributed by atoms with E-state index < -0.39 is 0 Å². The van der Waals surface area contributed by atoms with Crippen LogP contribution in [0.3, 0.4) is 0 Å². The summed E-state index contributed by atoms with van der Waals surface area (Å²) in [5.74, 6) is -0.255. The predicted molar refractivity (Wildman–Crippen MR) is 219 cm³/mol. The maximum absolute atomic E-state index is 12.7. The van der Waals surface area contributed by atoms with Crippen LogP contribution in [-0.4, -0.2) is 61.0 Å². The molecular weight excluding hydrogens is 645 g/mol. The van der Waals surface area contributed by atoms with E-state index >= 15 is 0 Å². The van der Waals surface area contributed by atoms with E-state index in [2.05, 4.69) is 61.8 Å². The van der Waals surface area contributed by atoms with Crippen molar-refractivity contribution in [3.63, 3.8) is 0 Å². The van der Waals surface area contributed by atoms with Crippen molar-refractivity contribution in [2.24, 2.45) is 0 Å². The fraction of sp³-hybridized carbons (Fsp3) is 0.696. The Labute approximate surface area is 319 Å². The molecule has 6 heteroatoms. The highest BCUT2D eigenvalue weighted by Gasteiger charge is 2.11. The lowest BCUT2D eigenvalue weighted by molar-refractivity contribution is -0.146. The van der Waals surface area contributed by atoms with Crippen molar-refractivity contribution in [1.29, 1.82) is 0 Å². The van der Waals surface area contributed by atoms with Gasteiger partial charge in [0.25, 0.3) is 0 Å². The third-order valence-corrected chi connectivity index (χ3v) is 10.0. The van der Waals surface area contributed by atoms with E-state index in [1.54, 1.807) is 0 Å². The van der Waals surface area contributed by atoms with Crippen LogP contribution < -0.4 is 0 Å². The first-order valence-corrected chi connectivity index (χ1v) is 21.4. The van der Waals surface area contributed by atoms with Gasteiger partial charge in [0.05, 0.1) is 0 Å². The van der Waals surface area contributed by atoms with Gasteiger partial charge in [-0.15, -0.1) is 0 Å². The third kappa shape index (κ3) is 22.4. The molecule has 2 rings (SSSR count). The quantitative estimate of drug-likeness (QED) is 0.0540. The zero-order chi connectivity index (χ0) is 37.5. The molecule has 0 aromatic heterocycles. The molecule has 0 amide bonds. The minimum atomic E-state index is -0.128. The van der Waals surface area contributed by atoms with Crippen LogP contribution in [0, 0.1) is 0 Å². The monoisotopic (exact) mass is 721 g/mol. The SMILES string of the molecule is CCCCCCCN(CCCCC)CCCC(=O)OCc1cccc(-c2cccc(COC(=O)CCCN(CCCCC)CCCCCCC)c2)c1. The van der Waals surface area contributed by atoms with E-state index in [4.69, 9.17) is 9.47 Å². The van der Waals surface area contributed by atoms with Crippen molar-refractivity contribution in [2.45, 2.75) is 169 Å². The van der Waals surface area contributed by atoms with Gasteiger partial charge >= 0.3 is 11.9 Å². The summed E-state index contributed by atoms with van der Waals surface area (Å²) in [6.07, 6.45) is 23.0. The van der Waals surface area contributed by atoms with Gasteiger partial charge in [-0.3, -0.25) is 9.59 Å². The summed E-state index contributed by atoms with van der Waals surface area (Å²) in [7, 11) is 0. The number of ether oxygens (including phenoxy) is 2. The number of hydrogen-bond acceptors (Lipinski definition) is 6. The lowest BCUT2D eigenvalue weighted by atomic mass is 10.0. The first kappa shape index (κ1) is 45.5. The largest absolute Gasteiger partial charge is 0.461 e. The number of nitrogens with zero attached hydrogens (tertiary/aromatic N) is 2. The van der Waals surface area contributed by atoms with Crippen LogP contribution in [0.4, 0.5) is 0 Å². The molecule has 2 aromatic carbocycles. The van der Waals surface area contributed by atoms with Crippen molar-refractivity contribution < 1.29 is 19.1 Å². The number of hydrogen-bond donors (Lipinski definition) is 0. The van der Waals surface area contributed by atoms with E-state index in [-0.39, 0.29) is 25.2 Å². The standard InChI is InChI=1S/C46H76N2O4/c1-5-9-13-15-19-33-47(31-17-11-7-3)35-23-29-45(49)51-39-41-25-21-27-43(37-41)44-28-22-26-42(38-44)40-52-46(50)30-24-36-48(32-18-12-8-4)34-20-16-14-10-6-2/h21-22,25-28,37-38H,5-20,23-24,29-36,39-40H2,1-4H3. The summed E-state index contributed by atoms with van der Waals surface area (Å²) in [5.41, 5.74) is 4.06. The van der Waals surface area contributed by atoms with Crippen LogP contribution in [-0.2, 0) is 32.3 Å². The molecule has 6 nitrogen and oxygen atoms in total. The zero-order valence-electron chi connectivity index (χ0n) is 33.9. The van der Waals surface area contributed by atoms with Gasteiger partial charge in [0.15, 0.2) is 0 Å². The Bertz CT molecular complexity index is 1090. The van der Waals surface area contributed by atoms with Gasteiger partial charge in [0.1, 0.15) is 13.2 Å². The van der Waals surface area contributed by atoms with Crippen molar-refractivity contribution in [3.8, 4) is 11.1 Å². The molecule has 0 fully saturated rings. The van der Waals surface area contributed by atoms with E-state index in [0.29, 0.717) is 12.8 Å². The first-order valence-electron chi connectivity index (χ1n) is 21.4. The Morgan fingerprint density at radius 1 is 0.442 bits per heavy atom. The second-order valence-corrected chi connectivity index (χ2v) is 14.9. The Morgan fingerprint density at radius 3 is 1.15 bits per heavy atom. The predicted octanol–water partition coefficient (Wildman–Crippen LogP) is 11.9. The fourth-order valence-electron chi connectivity index (χ4n) is 6.77. The molecular formula is C46H76N2O4. The number of unbranched alkanes of at least 4 members (excludes halogenated alkanes) is 12. The summed E-state index contributed by atoms with van der Waals surface area (Å²) in [6, 6.07) is 16.4. The highest BCUT2D eigenvalue weighted by atomic mass is 16.5. The van der Waals surface area contributed by atoms with Gasteiger partial charge in [0, 0.05) is 12.8 Å². The molecule has 2 aromatic rings. The Hall–Kier alpha value is -2.70. The van der Waals surface area contributed by atoms with E-state index in [0.717, 1.165) is 74.4 Å². The molecule has 0 aliphatic carbocycles. The van der Waals surface area contributed by atoms with Crippen LogP contribution in [0.2, 0.25) is 0 Å². The molecule has 0 saturated heterocycles. The molecule has 0 N–H and O–H groups in total. The summed E-state index contributed by atoms with van der Waals surface area (Å²) in [4.78, 5) is 30.4. The molecule has 0 radical (unpaired) electrons. The maximum atomic E-state index is 12.7. The van der Waals surface area contributed by atoms with Crippen LogP contribution in [0.25, 0.3) is 11.1 Å². The summed E-state index contributed by atoms with van der Waals surface area (Å²) in [6.45, 7) is 16.0. The number of rotatable bonds is 33. The van der Waals surface area contributed by atoms with Gasteiger partial charge in [-0.2, -0.15) is 0 Å². The van der Waals surface area contributed by atoms with E-state index in [1.807, 2.05) is 24.3 Å². The van der Waals surface area contributed by atoms with Gasteiger partial charge in [0.2, 0.25) is 0 Å². The topological polar surface area (TPSA) is 59.1 Å². The number of benzene rings is 2. The van der Waals surface area contributed by atoms with Gasteiger partial charge < -0.3 is 19.3 Å². The second kappa shape index (κ2) is 30.7. The van der Waals surface area contributed by atoms with Crippen molar-refractivity contribution in [1.82, 2.24) is 9.80 Å². The van der Waals surface area contributed by atoms with Crippen LogP contribution in [0.15, 0.2) is 48.5 Å². The number of carbonyl (C=O) groups excluding carboxylic acids is 2.